The zero-order valence-corrected chi connectivity index (χ0v) is 17.4. The van der Waals surface area contributed by atoms with Crippen LogP contribution >= 0.6 is 15.9 Å². The van der Waals surface area contributed by atoms with Gasteiger partial charge in [0.05, 0.1) is 16.5 Å². The molecule has 0 radical (unpaired) electrons. The van der Waals surface area contributed by atoms with Crippen molar-refractivity contribution in [2.24, 2.45) is 16.2 Å². The van der Waals surface area contributed by atoms with E-state index in [9.17, 15) is 4.79 Å². The molecular weight excluding hydrogens is 352 g/mol. The van der Waals surface area contributed by atoms with Gasteiger partial charge in [-0.05, 0) is 51.4 Å². The minimum atomic E-state index is -0.225. The van der Waals surface area contributed by atoms with Gasteiger partial charge in [-0.1, -0.05) is 36.7 Å². The van der Waals surface area contributed by atoms with Crippen LogP contribution in [0.1, 0.15) is 74.1 Å². The van der Waals surface area contributed by atoms with Gasteiger partial charge in [-0.3, -0.25) is 4.79 Å². The Balaban J connectivity index is 1.78. The molecule has 0 aromatic carbocycles. The van der Waals surface area contributed by atoms with Crippen molar-refractivity contribution in [1.82, 2.24) is 5.32 Å². The third-order valence-electron chi connectivity index (χ3n) is 7.64. The molecular formula is C19H34BrN2O+. The Morgan fingerprint density at radius 3 is 1.91 bits per heavy atom. The van der Waals surface area contributed by atoms with Gasteiger partial charge in [0.15, 0.2) is 0 Å². The van der Waals surface area contributed by atoms with Gasteiger partial charge in [-0.15, -0.1) is 0 Å². The fourth-order valence-corrected chi connectivity index (χ4v) is 8.20. The third-order valence-corrected chi connectivity index (χ3v) is 9.43. The summed E-state index contributed by atoms with van der Waals surface area (Å²) >= 11 is 3.89. The Labute approximate surface area is 149 Å². The summed E-state index contributed by atoms with van der Waals surface area (Å²) in [6.45, 7) is 16.1. The predicted molar refractivity (Wildman–Crippen MR) is 97.5 cm³/mol. The minimum Gasteiger partial charge on any atom is -0.352 e. The summed E-state index contributed by atoms with van der Waals surface area (Å²) in [4.78, 5) is 13.6. The van der Waals surface area contributed by atoms with E-state index >= 15 is 0 Å². The molecule has 4 fully saturated rings. The van der Waals surface area contributed by atoms with Crippen molar-refractivity contribution in [2.75, 3.05) is 0 Å². The fraction of sp³-hybridized carbons (Fsp3) is 0.947. The molecule has 1 amide bonds. The van der Waals surface area contributed by atoms with E-state index in [1.54, 1.807) is 0 Å². The second-order valence-corrected chi connectivity index (χ2v) is 11.5. The molecule has 4 heteroatoms. The number of hydrogen-bond acceptors (Lipinski definition) is 1. The maximum absolute atomic E-state index is 13.3. The molecule has 1 aliphatic heterocycles. The molecule has 3 saturated carbocycles. The van der Waals surface area contributed by atoms with E-state index in [1.165, 1.54) is 0 Å². The van der Waals surface area contributed by atoms with Gasteiger partial charge in [0.25, 0.3) is 0 Å². The minimum absolute atomic E-state index is 0.0735. The van der Waals surface area contributed by atoms with Crippen molar-refractivity contribution in [1.29, 1.82) is 0 Å². The number of hydrogen-bond donors (Lipinski definition) is 2. The highest BCUT2D eigenvalue weighted by Crippen LogP contribution is 2.79. The van der Waals surface area contributed by atoms with Crippen LogP contribution in [0.25, 0.3) is 0 Å². The molecule has 4 aliphatic rings. The summed E-state index contributed by atoms with van der Waals surface area (Å²) in [5.74, 6) is 0.290. The maximum Gasteiger partial charge on any atom is 0.228 e. The quantitative estimate of drug-likeness (QED) is 0.705. The standard InChI is InChI=1S/C19H33BrN2O/c1-15(2)10-12(11-16(3,4)22-15)21-14(23)19-9-8-18(7,13(19)20)17(19,5)6/h12-13,22H,8-11H2,1-7H3,(H,21,23)/p+1/t13-,18-,19+/m0/s1. The SMILES string of the molecule is CC1(C)CC(NC(=O)[C@@]23CC[C@@](C)([C@@H]2Br)C3(C)C)CC(C)(C)[NH2+]1. The predicted octanol–water partition coefficient (Wildman–Crippen LogP) is 2.98. The van der Waals surface area contributed by atoms with Crippen LogP contribution in [0.5, 0.6) is 0 Å². The molecule has 2 bridgehead atoms. The molecule has 3 aliphatic carbocycles. The number of nitrogens with one attached hydrogen (secondary N) is 1. The smallest absolute Gasteiger partial charge is 0.228 e. The lowest BCUT2D eigenvalue weighted by Gasteiger charge is -2.64. The van der Waals surface area contributed by atoms with E-state index in [-0.39, 0.29) is 39.3 Å². The molecule has 1 saturated heterocycles. The van der Waals surface area contributed by atoms with E-state index < -0.39 is 0 Å². The second kappa shape index (κ2) is 4.75. The summed E-state index contributed by atoms with van der Waals surface area (Å²) in [5.41, 5.74) is 0.472. The van der Waals surface area contributed by atoms with Crippen LogP contribution in [0, 0.1) is 16.2 Å². The molecule has 3 N–H and O–H groups in total. The summed E-state index contributed by atoms with van der Waals surface area (Å²) < 4.78 is 0. The van der Waals surface area contributed by atoms with Crippen LogP contribution in [0.2, 0.25) is 0 Å². The number of piperidine rings is 1. The van der Waals surface area contributed by atoms with Crippen LogP contribution in [0.4, 0.5) is 0 Å². The van der Waals surface area contributed by atoms with Crippen LogP contribution in [-0.2, 0) is 4.79 Å². The monoisotopic (exact) mass is 385 g/mol. The highest BCUT2D eigenvalue weighted by molar-refractivity contribution is 9.09. The molecule has 1 heterocycles. The first-order valence-corrected chi connectivity index (χ1v) is 10.0. The van der Waals surface area contributed by atoms with Crippen molar-refractivity contribution in [3.05, 3.63) is 0 Å². The largest absolute Gasteiger partial charge is 0.352 e. The second-order valence-electron chi connectivity index (χ2n) is 10.6. The summed E-state index contributed by atoms with van der Waals surface area (Å²) in [6.07, 6.45) is 4.26. The number of amides is 1. The van der Waals surface area contributed by atoms with E-state index in [2.05, 4.69) is 75.0 Å². The molecule has 3 nitrogen and oxygen atoms in total. The van der Waals surface area contributed by atoms with Crippen LogP contribution in [0.15, 0.2) is 0 Å². The van der Waals surface area contributed by atoms with Crippen molar-refractivity contribution < 1.29 is 10.1 Å². The topological polar surface area (TPSA) is 45.7 Å². The molecule has 0 aromatic heterocycles. The molecule has 0 unspecified atom stereocenters. The third kappa shape index (κ3) is 2.19. The van der Waals surface area contributed by atoms with Gasteiger partial charge in [-0.2, -0.15) is 0 Å². The first-order valence-electron chi connectivity index (χ1n) is 9.10. The molecule has 0 spiro atoms. The van der Waals surface area contributed by atoms with Gasteiger partial charge >= 0.3 is 0 Å². The number of fused-ring (bicyclic) bond motifs is 1. The van der Waals surface area contributed by atoms with Crippen LogP contribution in [-0.4, -0.2) is 27.9 Å². The molecule has 3 atom stereocenters. The maximum atomic E-state index is 13.3. The molecule has 23 heavy (non-hydrogen) atoms. The zero-order chi connectivity index (χ0) is 17.5. The Hall–Kier alpha value is -0.0900. The lowest BCUT2D eigenvalue weighted by molar-refractivity contribution is -0.788. The lowest BCUT2D eigenvalue weighted by atomic mass is 9.43. The number of alkyl halides is 1. The van der Waals surface area contributed by atoms with Crippen LogP contribution < -0.4 is 10.6 Å². The van der Waals surface area contributed by atoms with Gasteiger partial charge in [-0.25, -0.2) is 0 Å². The first kappa shape index (κ1) is 17.7. The lowest BCUT2D eigenvalue weighted by Crippen LogP contribution is -3.06. The molecule has 132 valence electrons. The Morgan fingerprint density at radius 2 is 1.52 bits per heavy atom. The fourth-order valence-electron chi connectivity index (χ4n) is 6.39. The number of quaternary nitrogens is 1. The average molecular weight is 386 g/mol. The normalized spacial score (nSPS) is 43.7. The van der Waals surface area contributed by atoms with Crippen molar-refractivity contribution in [2.45, 2.75) is 96.1 Å². The Morgan fingerprint density at radius 1 is 1.00 bits per heavy atom. The van der Waals surface area contributed by atoms with Crippen LogP contribution in [0.3, 0.4) is 0 Å². The zero-order valence-electron chi connectivity index (χ0n) is 15.8. The number of nitrogens with two attached hydrogens (primary N) is 1. The van der Waals surface area contributed by atoms with Crippen molar-refractivity contribution in [3.63, 3.8) is 0 Å². The van der Waals surface area contributed by atoms with E-state index in [0.717, 1.165) is 25.7 Å². The first-order chi connectivity index (χ1) is 10.3. The van der Waals surface area contributed by atoms with E-state index in [4.69, 9.17) is 0 Å². The number of rotatable bonds is 2. The summed E-state index contributed by atoms with van der Waals surface area (Å²) in [5, 5.41) is 5.93. The average Bonchev–Trinajstić information content (AvgIpc) is 2.73. The number of carbonyl (C=O) groups is 1. The van der Waals surface area contributed by atoms with E-state index in [1.807, 2.05) is 0 Å². The van der Waals surface area contributed by atoms with Crippen molar-refractivity contribution in [3.8, 4) is 0 Å². The number of halogens is 1. The van der Waals surface area contributed by atoms with Gasteiger partial charge in [0.1, 0.15) is 0 Å². The molecule has 0 aromatic rings. The van der Waals surface area contributed by atoms with Gasteiger partial charge < -0.3 is 10.6 Å². The van der Waals surface area contributed by atoms with E-state index in [0.29, 0.717) is 4.83 Å². The summed E-state index contributed by atoms with van der Waals surface area (Å²) in [6, 6.07) is 0.287. The van der Waals surface area contributed by atoms with Crippen molar-refractivity contribution >= 4 is 21.8 Å². The number of carbonyl (C=O) groups excluding carboxylic acids is 1. The molecule has 4 rings (SSSR count). The van der Waals surface area contributed by atoms with Gasteiger partial charge in [0.2, 0.25) is 5.91 Å². The highest BCUT2D eigenvalue weighted by Gasteiger charge is 2.80. The highest BCUT2D eigenvalue weighted by atomic mass is 79.9. The summed E-state index contributed by atoms with van der Waals surface area (Å²) in [7, 11) is 0. The Kier molecular flexibility index (Phi) is 3.66. The van der Waals surface area contributed by atoms with Gasteiger partial charge in [0, 0.05) is 23.7 Å². The Bertz CT molecular complexity index is 525.